The fourth-order valence-corrected chi connectivity index (χ4v) is 7.15. The number of aryl methyl sites for hydroxylation is 1. The van der Waals surface area contributed by atoms with Gasteiger partial charge in [-0.3, -0.25) is 44.0 Å². The van der Waals surface area contributed by atoms with Crippen molar-refractivity contribution in [1.82, 2.24) is 41.4 Å². The first-order valence-electron chi connectivity index (χ1n) is 18.9. The van der Waals surface area contributed by atoms with E-state index in [1.165, 1.54) is 6.07 Å². The average molecular weight is 858 g/mol. The second kappa shape index (κ2) is 20.0. The Morgan fingerprint density at radius 3 is 2.03 bits per heavy atom. The van der Waals surface area contributed by atoms with Crippen LogP contribution in [0, 0.1) is 12.8 Å². The number of aliphatic carboxylic acids is 3. The number of hydrogen-bond donors (Lipinski definition) is 10. The van der Waals surface area contributed by atoms with Crippen molar-refractivity contribution in [3.63, 3.8) is 0 Å². The van der Waals surface area contributed by atoms with Gasteiger partial charge >= 0.3 is 17.9 Å². The summed E-state index contributed by atoms with van der Waals surface area (Å²) in [6.45, 7) is 4.95. The van der Waals surface area contributed by atoms with E-state index in [1.807, 2.05) is 0 Å². The number of hydrogen-bond acceptors (Lipinski definition) is 11. The Labute approximate surface area is 350 Å². The minimum absolute atomic E-state index is 0.242. The zero-order valence-corrected chi connectivity index (χ0v) is 33.8. The van der Waals surface area contributed by atoms with Gasteiger partial charge in [0, 0.05) is 29.1 Å². The van der Waals surface area contributed by atoms with Crippen molar-refractivity contribution in [2.75, 3.05) is 5.32 Å². The Morgan fingerprint density at radius 2 is 1.38 bits per heavy atom. The number of aromatic amines is 2. The zero-order valence-electron chi connectivity index (χ0n) is 33.0. The first-order chi connectivity index (χ1) is 29.0. The average Bonchev–Trinajstić information content (AvgIpc) is 3.97. The fourth-order valence-electron chi connectivity index (χ4n) is 6.22. The Balaban J connectivity index is 1.36. The molecule has 5 aromatic rings. The summed E-state index contributed by atoms with van der Waals surface area (Å²) in [5, 5.41) is 48.8. The molecule has 61 heavy (non-hydrogen) atoms. The molecule has 3 heterocycles. The standard InChI is InChI=1S/C40H43N9O11S/c1-4-19(2)32(39(59)60)46-37(57)28(17-31(52)53)44-35(55)26(14-22-18-41-24-13-9-8-12-23(22)24)43-36(56)27(16-30(50)51)45-38(58)29-15-25(48-49-29)33-20(3)42-40(61-33)47-34(54)21-10-6-5-7-11-21/h5-13,15,18-19,26-28,32,41H,4,14,16-17H2,1-3H3,(H,43,56)(H,44,55)(H,45,58)(H,46,57)(H,48,49)(H,50,51)(H,52,53)(H,59,60)(H,42,47,54)/t19-,26-,27-,28+,32-/m0/s1. The van der Waals surface area contributed by atoms with Crippen LogP contribution in [0.4, 0.5) is 5.13 Å². The molecule has 0 aliphatic carbocycles. The number of carbonyl (C=O) groups is 8. The molecule has 20 nitrogen and oxygen atoms in total. The van der Waals surface area contributed by atoms with Crippen molar-refractivity contribution in [3.8, 4) is 10.6 Å². The molecule has 5 atom stereocenters. The van der Waals surface area contributed by atoms with E-state index in [0.29, 0.717) is 44.7 Å². The van der Waals surface area contributed by atoms with Crippen LogP contribution in [0.25, 0.3) is 21.5 Å². The third kappa shape index (κ3) is 11.6. The van der Waals surface area contributed by atoms with E-state index in [0.717, 1.165) is 11.3 Å². The van der Waals surface area contributed by atoms with Gasteiger partial charge in [-0.15, -0.1) is 0 Å². The van der Waals surface area contributed by atoms with E-state index < -0.39 is 84.5 Å². The summed E-state index contributed by atoms with van der Waals surface area (Å²) in [5.41, 5.74) is 2.17. The maximum absolute atomic E-state index is 14.0. The van der Waals surface area contributed by atoms with E-state index in [1.54, 1.807) is 81.6 Å². The van der Waals surface area contributed by atoms with Gasteiger partial charge in [-0.1, -0.05) is 68.0 Å². The van der Waals surface area contributed by atoms with Gasteiger partial charge in [0.2, 0.25) is 17.7 Å². The number of aromatic nitrogens is 4. The quantitative estimate of drug-likeness (QED) is 0.0539. The number of rotatable bonds is 20. The van der Waals surface area contributed by atoms with Crippen molar-refractivity contribution >= 4 is 74.8 Å². The Morgan fingerprint density at radius 1 is 0.770 bits per heavy atom. The maximum atomic E-state index is 14.0. The molecule has 3 aromatic heterocycles. The van der Waals surface area contributed by atoms with Crippen LogP contribution < -0.4 is 26.6 Å². The summed E-state index contributed by atoms with van der Waals surface area (Å²) in [7, 11) is 0. The first-order valence-corrected chi connectivity index (χ1v) is 19.7. The van der Waals surface area contributed by atoms with Crippen molar-refractivity contribution in [3.05, 3.63) is 89.4 Å². The predicted molar refractivity (Wildman–Crippen MR) is 219 cm³/mol. The second-order valence-electron chi connectivity index (χ2n) is 14.0. The molecule has 5 amide bonds. The molecule has 2 aromatic carbocycles. The molecular formula is C40H43N9O11S. The van der Waals surface area contributed by atoms with E-state index in [4.69, 9.17) is 0 Å². The first kappa shape index (κ1) is 44.7. The second-order valence-corrected chi connectivity index (χ2v) is 15.0. The van der Waals surface area contributed by atoms with Gasteiger partial charge < -0.3 is 41.6 Å². The lowest BCUT2D eigenvalue weighted by atomic mass is 9.98. The Kier molecular flexibility index (Phi) is 14.7. The van der Waals surface area contributed by atoms with Crippen molar-refractivity contribution in [2.24, 2.45) is 5.92 Å². The van der Waals surface area contributed by atoms with Gasteiger partial charge in [-0.2, -0.15) is 5.10 Å². The number of fused-ring (bicyclic) bond motifs is 1. The minimum Gasteiger partial charge on any atom is -0.481 e. The SMILES string of the molecule is CC[C@H](C)[C@H](NC(=O)[C@@H](CC(=O)O)NC(=O)[C@H](Cc1c[nH]c2ccccc12)NC(=O)[C@H](CC(=O)O)NC(=O)c1cc(-c2sc(NC(=O)c3ccccc3)nc2C)[nH]n1)C(=O)O. The Bertz CT molecular complexity index is 2450. The van der Waals surface area contributed by atoms with Crippen LogP contribution in [0.3, 0.4) is 0 Å². The molecule has 0 aliphatic rings. The molecule has 10 N–H and O–H groups in total. The van der Waals surface area contributed by atoms with E-state index in [9.17, 15) is 53.7 Å². The van der Waals surface area contributed by atoms with Crippen molar-refractivity contribution in [1.29, 1.82) is 0 Å². The molecule has 0 saturated carbocycles. The highest BCUT2D eigenvalue weighted by Crippen LogP contribution is 2.32. The van der Waals surface area contributed by atoms with Gasteiger partial charge in [-0.05, 0) is 42.7 Å². The molecule has 320 valence electrons. The smallest absolute Gasteiger partial charge is 0.326 e. The molecule has 0 saturated heterocycles. The number of nitrogens with zero attached hydrogens (tertiary/aromatic N) is 2. The van der Waals surface area contributed by atoms with Gasteiger partial charge in [0.15, 0.2) is 10.8 Å². The van der Waals surface area contributed by atoms with Crippen molar-refractivity contribution in [2.45, 2.75) is 70.6 Å². The van der Waals surface area contributed by atoms with Gasteiger partial charge in [-0.25, -0.2) is 9.78 Å². The number of anilines is 1. The van der Waals surface area contributed by atoms with E-state index in [-0.39, 0.29) is 23.2 Å². The monoisotopic (exact) mass is 857 g/mol. The number of amides is 5. The highest BCUT2D eigenvalue weighted by molar-refractivity contribution is 7.19. The van der Waals surface area contributed by atoms with Crippen LogP contribution in [-0.4, -0.2) is 107 Å². The van der Waals surface area contributed by atoms with Crippen LogP contribution in [0.1, 0.15) is 65.2 Å². The third-order valence-electron chi connectivity index (χ3n) is 9.63. The lowest BCUT2D eigenvalue weighted by Gasteiger charge is -2.26. The lowest BCUT2D eigenvalue weighted by Crippen LogP contribution is -2.59. The van der Waals surface area contributed by atoms with Gasteiger partial charge in [0.1, 0.15) is 24.2 Å². The summed E-state index contributed by atoms with van der Waals surface area (Å²) < 4.78 is 0. The minimum atomic E-state index is -1.79. The van der Waals surface area contributed by atoms with Crippen LogP contribution in [0.2, 0.25) is 0 Å². The number of thiazole rings is 1. The van der Waals surface area contributed by atoms with E-state index in [2.05, 4.69) is 46.7 Å². The molecule has 5 rings (SSSR count). The Hall–Kier alpha value is -7.42. The maximum Gasteiger partial charge on any atom is 0.326 e. The molecule has 0 radical (unpaired) electrons. The number of carboxylic acids is 3. The number of para-hydroxylation sites is 1. The highest BCUT2D eigenvalue weighted by atomic mass is 32.1. The topological polar surface area (TPSA) is 315 Å². The molecule has 0 aliphatic heterocycles. The lowest BCUT2D eigenvalue weighted by molar-refractivity contribution is -0.144. The van der Waals surface area contributed by atoms with Crippen LogP contribution in [-0.2, 0) is 35.2 Å². The summed E-state index contributed by atoms with van der Waals surface area (Å²) in [6, 6.07) is 10.2. The zero-order chi connectivity index (χ0) is 44.4. The normalized spacial score (nSPS) is 13.5. The molecule has 0 unspecified atom stereocenters. The molecule has 0 bridgehead atoms. The number of nitrogens with one attached hydrogen (secondary N) is 7. The van der Waals surface area contributed by atoms with Gasteiger partial charge in [0.05, 0.1) is 29.1 Å². The summed E-state index contributed by atoms with van der Waals surface area (Å²) in [5.74, 6) is -9.55. The molecule has 0 spiro atoms. The van der Waals surface area contributed by atoms with E-state index >= 15 is 0 Å². The number of carboxylic acid groups (broad SMARTS) is 3. The predicted octanol–water partition coefficient (Wildman–Crippen LogP) is 2.45. The third-order valence-corrected chi connectivity index (χ3v) is 10.7. The van der Waals surface area contributed by atoms with Crippen LogP contribution in [0.15, 0.2) is 66.9 Å². The summed E-state index contributed by atoms with van der Waals surface area (Å²) >= 11 is 1.10. The van der Waals surface area contributed by atoms with Crippen molar-refractivity contribution < 1.29 is 53.7 Å². The molecular weight excluding hydrogens is 815 g/mol. The fraction of sp³-hybridized carbons (Fsp3) is 0.300. The summed E-state index contributed by atoms with van der Waals surface area (Å²) in [6.07, 6.45) is -0.230. The van der Waals surface area contributed by atoms with Crippen LogP contribution in [0.5, 0.6) is 0 Å². The number of carbonyl (C=O) groups excluding carboxylic acids is 5. The molecule has 21 heteroatoms. The number of benzene rings is 2. The largest absolute Gasteiger partial charge is 0.481 e. The highest BCUT2D eigenvalue weighted by Gasteiger charge is 2.35. The number of H-pyrrole nitrogens is 2. The van der Waals surface area contributed by atoms with Crippen LogP contribution >= 0.6 is 11.3 Å². The molecule has 0 fully saturated rings. The van der Waals surface area contributed by atoms with Gasteiger partial charge in [0.25, 0.3) is 11.8 Å². The summed E-state index contributed by atoms with van der Waals surface area (Å²) in [4.78, 5) is 111.